The van der Waals surface area contributed by atoms with Gasteiger partial charge in [-0.15, -0.1) is 11.3 Å². The van der Waals surface area contributed by atoms with E-state index in [2.05, 4.69) is 35.0 Å². The van der Waals surface area contributed by atoms with Crippen molar-refractivity contribution in [3.8, 4) is 0 Å². The van der Waals surface area contributed by atoms with Gasteiger partial charge in [-0.3, -0.25) is 0 Å². The Morgan fingerprint density at radius 2 is 2.45 bits per heavy atom. The molecule has 0 nitrogen and oxygen atoms in total. The maximum atomic E-state index is 3.53. The summed E-state index contributed by atoms with van der Waals surface area (Å²) < 4.78 is 0. The molecular weight excluding hydrogens is 220 g/mol. The summed E-state index contributed by atoms with van der Waals surface area (Å²) in [6.07, 6.45) is 1.39. The molecule has 0 amide bonds. The van der Waals surface area contributed by atoms with Gasteiger partial charge in [-0.05, 0) is 37.3 Å². The zero-order valence-corrected chi connectivity index (χ0v) is 8.91. The molecule has 0 radical (unpaired) electrons. The SMILES string of the molecule is Cc1ccc(C2CC2CBr)s1. The van der Waals surface area contributed by atoms with Gasteiger partial charge in [0.1, 0.15) is 0 Å². The molecule has 0 saturated heterocycles. The number of rotatable bonds is 2. The number of aryl methyl sites for hydroxylation is 1. The lowest BCUT2D eigenvalue weighted by Gasteiger charge is -1.89. The standard InChI is InChI=1S/C9H11BrS/c1-6-2-3-9(11-6)8-4-7(8)5-10/h2-3,7-8H,4-5H2,1H3. The van der Waals surface area contributed by atoms with Gasteiger partial charge in [0.05, 0.1) is 0 Å². The monoisotopic (exact) mass is 230 g/mol. The molecule has 11 heavy (non-hydrogen) atoms. The Kier molecular flexibility index (Phi) is 2.06. The average Bonchev–Trinajstić information content (AvgIpc) is 2.68. The molecule has 0 aromatic carbocycles. The summed E-state index contributed by atoms with van der Waals surface area (Å²) in [6.45, 7) is 2.18. The largest absolute Gasteiger partial charge is 0.145 e. The smallest absolute Gasteiger partial charge is 0.00822 e. The number of hydrogen-bond donors (Lipinski definition) is 0. The van der Waals surface area contributed by atoms with E-state index in [1.165, 1.54) is 16.6 Å². The number of hydrogen-bond acceptors (Lipinski definition) is 1. The minimum atomic E-state index is 0.882. The van der Waals surface area contributed by atoms with Crippen LogP contribution in [0.2, 0.25) is 0 Å². The minimum absolute atomic E-state index is 0.882. The molecule has 0 aliphatic heterocycles. The van der Waals surface area contributed by atoms with E-state index < -0.39 is 0 Å². The predicted molar refractivity (Wildman–Crippen MR) is 53.7 cm³/mol. The Labute approximate surface area is 79.8 Å². The van der Waals surface area contributed by atoms with E-state index in [9.17, 15) is 0 Å². The number of halogens is 1. The first-order valence-corrected chi connectivity index (χ1v) is 5.87. The third kappa shape index (κ3) is 1.52. The van der Waals surface area contributed by atoms with Crippen LogP contribution in [0.3, 0.4) is 0 Å². The summed E-state index contributed by atoms with van der Waals surface area (Å²) in [6, 6.07) is 4.51. The zero-order chi connectivity index (χ0) is 7.84. The van der Waals surface area contributed by atoms with Crippen molar-refractivity contribution in [1.29, 1.82) is 0 Å². The number of thiophene rings is 1. The Hall–Kier alpha value is 0.180. The van der Waals surface area contributed by atoms with Crippen molar-refractivity contribution < 1.29 is 0 Å². The second-order valence-corrected chi connectivity index (χ2v) is 5.17. The van der Waals surface area contributed by atoms with Crippen LogP contribution in [-0.2, 0) is 0 Å². The van der Waals surface area contributed by atoms with E-state index in [1.807, 2.05) is 11.3 Å². The summed E-state index contributed by atoms with van der Waals surface area (Å²) in [5.74, 6) is 1.81. The predicted octanol–water partition coefficient (Wildman–Crippen LogP) is 3.55. The van der Waals surface area contributed by atoms with Gasteiger partial charge in [-0.1, -0.05) is 15.9 Å². The van der Waals surface area contributed by atoms with Crippen molar-refractivity contribution in [2.75, 3.05) is 5.33 Å². The fourth-order valence-corrected chi connectivity index (χ4v) is 3.22. The highest BCUT2D eigenvalue weighted by Gasteiger charge is 2.37. The van der Waals surface area contributed by atoms with Gasteiger partial charge >= 0.3 is 0 Å². The second kappa shape index (κ2) is 2.91. The van der Waals surface area contributed by atoms with Crippen LogP contribution in [0.5, 0.6) is 0 Å². The van der Waals surface area contributed by atoms with Crippen LogP contribution >= 0.6 is 27.3 Å². The molecule has 2 atom stereocenters. The van der Waals surface area contributed by atoms with Crippen molar-refractivity contribution in [1.82, 2.24) is 0 Å². The molecule has 2 rings (SSSR count). The van der Waals surface area contributed by atoms with Crippen LogP contribution in [0.1, 0.15) is 22.1 Å². The maximum Gasteiger partial charge on any atom is 0.00822 e. The molecule has 2 unspecified atom stereocenters. The summed E-state index contributed by atoms with van der Waals surface area (Å²) in [7, 11) is 0. The second-order valence-electron chi connectivity index (χ2n) is 3.20. The molecule has 1 saturated carbocycles. The van der Waals surface area contributed by atoms with Gasteiger partial charge in [0.25, 0.3) is 0 Å². The van der Waals surface area contributed by atoms with Crippen molar-refractivity contribution in [2.24, 2.45) is 5.92 Å². The van der Waals surface area contributed by atoms with Crippen molar-refractivity contribution >= 4 is 27.3 Å². The fourth-order valence-electron chi connectivity index (χ4n) is 1.42. The first kappa shape index (κ1) is 7.81. The summed E-state index contributed by atoms with van der Waals surface area (Å²) in [4.78, 5) is 3.03. The molecule has 1 aromatic heterocycles. The Morgan fingerprint density at radius 3 is 2.91 bits per heavy atom. The molecule has 1 fully saturated rings. The molecule has 0 N–H and O–H groups in total. The van der Waals surface area contributed by atoms with E-state index in [0.29, 0.717) is 0 Å². The van der Waals surface area contributed by atoms with Crippen LogP contribution in [0.4, 0.5) is 0 Å². The van der Waals surface area contributed by atoms with Gasteiger partial charge in [-0.2, -0.15) is 0 Å². The van der Waals surface area contributed by atoms with Gasteiger partial charge in [0, 0.05) is 15.1 Å². The van der Waals surface area contributed by atoms with Gasteiger partial charge in [0.2, 0.25) is 0 Å². The Balaban J connectivity index is 2.08. The molecule has 2 heteroatoms. The number of alkyl halides is 1. The van der Waals surface area contributed by atoms with E-state index in [0.717, 1.165) is 11.8 Å². The lowest BCUT2D eigenvalue weighted by Crippen LogP contribution is -1.78. The molecular formula is C9H11BrS. The molecule has 60 valence electrons. The molecule has 0 bridgehead atoms. The maximum absolute atomic E-state index is 3.53. The lowest BCUT2D eigenvalue weighted by atomic mass is 10.3. The molecule has 1 aliphatic rings. The normalized spacial score (nSPS) is 28.9. The van der Waals surface area contributed by atoms with Gasteiger partial charge < -0.3 is 0 Å². The van der Waals surface area contributed by atoms with Crippen molar-refractivity contribution in [2.45, 2.75) is 19.3 Å². The van der Waals surface area contributed by atoms with Gasteiger partial charge in [0.15, 0.2) is 0 Å². The quantitative estimate of drug-likeness (QED) is 0.683. The molecule has 1 aromatic rings. The van der Waals surface area contributed by atoms with E-state index >= 15 is 0 Å². The highest BCUT2D eigenvalue weighted by atomic mass is 79.9. The third-order valence-electron chi connectivity index (χ3n) is 2.25. The van der Waals surface area contributed by atoms with Crippen LogP contribution < -0.4 is 0 Å². The lowest BCUT2D eigenvalue weighted by molar-refractivity contribution is 0.950. The first-order valence-electron chi connectivity index (χ1n) is 3.93. The first-order chi connectivity index (χ1) is 5.31. The molecule has 1 aliphatic carbocycles. The van der Waals surface area contributed by atoms with E-state index in [-0.39, 0.29) is 0 Å². The summed E-state index contributed by atoms with van der Waals surface area (Å²) in [5, 5.41) is 1.18. The van der Waals surface area contributed by atoms with E-state index in [1.54, 1.807) is 4.88 Å². The Morgan fingerprint density at radius 1 is 1.64 bits per heavy atom. The topological polar surface area (TPSA) is 0 Å². The van der Waals surface area contributed by atoms with Crippen LogP contribution in [0.25, 0.3) is 0 Å². The van der Waals surface area contributed by atoms with Crippen LogP contribution in [-0.4, -0.2) is 5.33 Å². The molecule has 1 heterocycles. The highest BCUT2D eigenvalue weighted by molar-refractivity contribution is 9.09. The van der Waals surface area contributed by atoms with Crippen molar-refractivity contribution in [3.05, 3.63) is 21.9 Å². The van der Waals surface area contributed by atoms with Crippen LogP contribution in [0.15, 0.2) is 12.1 Å². The summed E-state index contributed by atoms with van der Waals surface area (Å²) >= 11 is 5.48. The summed E-state index contributed by atoms with van der Waals surface area (Å²) in [5.41, 5.74) is 0. The Bertz CT molecular complexity index is 254. The average molecular weight is 231 g/mol. The molecule has 0 spiro atoms. The van der Waals surface area contributed by atoms with Crippen molar-refractivity contribution in [3.63, 3.8) is 0 Å². The highest BCUT2D eigenvalue weighted by Crippen LogP contribution is 2.50. The van der Waals surface area contributed by atoms with E-state index in [4.69, 9.17) is 0 Å². The zero-order valence-electron chi connectivity index (χ0n) is 6.51. The van der Waals surface area contributed by atoms with Gasteiger partial charge in [-0.25, -0.2) is 0 Å². The fraction of sp³-hybridized carbons (Fsp3) is 0.556. The minimum Gasteiger partial charge on any atom is -0.145 e. The third-order valence-corrected chi connectivity index (χ3v) is 4.21. The van der Waals surface area contributed by atoms with Crippen LogP contribution in [0, 0.1) is 12.8 Å².